The van der Waals surface area contributed by atoms with E-state index in [0.29, 0.717) is 12.2 Å². The topological polar surface area (TPSA) is 26.3 Å². The molecule has 0 aromatic heterocycles. The third-order valence-electron chi connectivity index (χ3n) is 6.00. The zero-order chi connectivity index (χ0) is 23.0. The maximum Gasteiger partial charge on any atom is 0.185 e. The van der Waals surface area contributed by atoms with E-state index in [2.05, 4.69) is 62.0 Å². The lowest BCUT2D eigenvalue weighted by Crippen LogP contribution is -1.96. The molecule has 0 N–H and O–H groups in total. The highest BCUT2D eigenvalue weighted by atomic mass is 16.5. The van der Waals surface area contributed by atoms with Gasteiger partial charge in [0.2, 0.25) is 0 Å². The van der Waals surface area contributed by atoms with E-state index in [0.717, 1.165) is 28.5 Å². The van der Waals surface area contributed by atoms with Crippen LogP contribution in [0.5, 0.6) is 5.75 Å². The summed E-state index contributed by atoms with van der Waals surface area (Å²) in [4.78, 5) is 11.8. The van der Waals surface area contributed by atoms with E-state index in [9.17, 15) is 4.79 Å². The molecule has 166 valence electrons. The average Bonchev–Trinajstić information content (AvgIpc) is 2.87. The number of aryl methyl sites for hydroxylation is 1. The molecule has 0 bridgehead atoms. The Labute approximate surface area is 196 Å². The van der Waals surface area contributed by atoms with Gasteiger partial charge >= 0.3 is 0 Å². The molecule has 2 nitrogen and oxygen atoms in total. The minimum atomic E-state index is -0.0661. The lowest BCUT2D eigenvalue weighted by atomic mass is 10.0. The van der Waals surface area contributed by atoms with Crippen molar-refractivity contribution >= 4 is 16.6 Å². The van der Waals surface area contributed by atoms with Gasteiger partial charge in [-0.15, -0.1) is 0 Å². The number of fused-ring (bicyclic) bond motifs is 1. The first-order chi connectivity index (χ1) is 16.2. The highest BCUT2D eigenvalue weighted by Crippen LogP contribution is 2.25. The first kappa shape index (κ1) is 22.5. The second-order valence-corrected chi connectivity index (χ2v) is 8.43. The molecule has 0 amide bonds. The van der Waals surface area contributed by atoms with E-state index in [-0.39, 0.29) is 5.78 Å². The Morgan fingerprint density at radius 1 is 0.788 bits per heavy atom. The first-order valence-corrected chi connectivity index (χ1v) is 11.7. The summed E-state index contributed by atoms with van der Waals surface area (Å²) >= 11 is 0. The monoisotopic (exact) mass is 434 g/mol. The summed E-state index contributed by atoms with van der Waals surface area (Å²) in [6.45, 7) is 6.30. The van der Waals surface area contributed by atoms with Gasteiger partial charge in [0.05, 0.1) is 0 Å². The van der Waals surface area contributed by atoms with Gasteiger partial charge in [-0.1, -0.05) is 93.1 Å². The zero-order valence-corrected chi connectivity index (χ0v) is 19.2. The fourth-order valence-electron chi connectivity index (χ4n) is 3.99. The van der Waals surface area contributed by atoms with Crippen molar-refractivity contribution in [3.8, 4) is 16.9 Å². The molecule has 0 aliphatic carbocycles. The van der Waals surface area contributed by atoms with Crippen molar-refractivity contribution in [1.29, 1.82) is 0 Å². The summed E-state index contributed by atoms with van der Waals surface area (Å²) in [5.74, 6) is 0.747. The smallest absolute Gasteiger partial charge is 0.185 e. The predicted molar refractivity (Wildman–Crippen MR) is 138 cm³/mol. The van der Waals surface area contributed by atoms with Crippen LogP contribution in [0.25, 0.3) is 21.9 Å². The number of hydrogen-bond donors (Lipinski definition) is 0. The Bertz CT molecular complexity index is 1230. The van der Waals surface area contributed by atoms with Crippen LogP contribution in [0.3, 0.4) is 0 Å². The zero-order valence-electron chi connectivity index (χ0n) is 19.2. The van der Waals surface area contributed by atoms with Gasteiger partial charge in [0.1, 0.15) is 12.4 Å². The Morgan fingerprint density at radius 2 is 1.42 bits per heavy atom. The SMILES string of the molecule is C=CC(=O)c1ccc2cc(OCc3ccc(-c4ccc(CCCCC)cc4)cc3)ccc2c1. The highest BCUT2D eigenvalue weighted by molar-refractivity contribution is 6.06. The quantitative estimate of drug-likeness (QED) is 0.143. The van der Waals surface area contributed by atoms with Crippen molar-refractivity contribution in [3.05, 3.63) is 114 Å². The van der Waals surface area contributed by atoms with E-state index in [1.54, 1.807) is 0 Å². The molecule has 0 heterocycles. The fourth-order valence-corrected chi connectivity index (χ4v) is 3.99. The minimum Gasteiger partial charge on any atom is -0.489 e. The van der Waals surface area contributed by atoms with Crippen LogP contribution >= 0.6 is 0 Å². The van der Waals surface area contributed by atoms with Gasteiger partial charge in [0.15, 0.2) is 5.78 Å². The van der Waals surface area contributed by atoms with E-state index in [1.165, 1.54) is 42.0 Å². The third-order valence-corrected chi connectivity index (χ3v) is 6.00. The Balaban J connectivity index is 1.37. The Hall–Kier alpha value is -3.65. The second-order valence-electron chi connectivity index (χ2n) is 8.43. The molecule has 0 radical (unpaired) electrons. The molecule has 0 fully saturated rings. The molecular weight excluding hydrogens is 404 g/mol. The number of ketones is 1. The summed E-state index contributed by atoms with van der Waals surface area (Å²) in [5.41, 5.74) is 5.65. The summed E-state index contributed by atoms with van der Waals surface area (Å²) in [6.07, 6.45) is 6.31. The van der Waals surface area contributed by atoms with Crippen LogP contribution in [0.15, 0.2) is 97.6 Å². The van der Waals surface area contributed by atoms with Gasteiger partial charge in [0, 0.05) is 5.56 Å². The molecule has 33 heavy (non-hydrogen) atoms. The summed E-state index contributed by atoms with van der Waals surface area (Å²) in [7, 11) is 0. The maximum atomic E-state index is 11.8. The maximum absolute atomic E-state index is 11.8. The fraction of sp³-hybridized carbons (Fsp3) is 0.194. The van der Waals surface area contributed by atoms with Crippen molar-refractivity contribution in [2.24, 2.45) is 0 Å². The van der Waals surface area contributed by atoms with Crippen molar-refractivity contribution in [3.63, 3.8) is 0 Å². The number of benzene rings is 4. The molecule has 0 aliphatic rings. The lowest BCUT2D eigenvalue weighted by Gasteiger charge is -2.09. The molecule has 2 heteroatoms. The van der Waals surface area contributed by atoms with Gasteiger partial charge in [-0.05, 0) is 70.1 Å². The van der Waals surface area contributed by atoms with Crippen LogP contribution in [-0.2, 0) is 13.0 Å². The van der Waals surface area contributed by atoms with E-state index in [4.69, 9.17) is 4.74 Å². The number of carbonyl (C=O) groups is 1. The van der Waals surface area contributed by atoms with Gasteiger partial charge in [0.25, 0.3) is 0 Å². The standard InChI is InChI=1S/C31H30O2/c1-3-5-6-7-23-8-12-25(13-9-23)26-14-10-24(11-15-26)22-33-30-19-18-27-20-29(31(32)4-2)17-16-28(27)21-30/h4,8-21H,2-3,5-7,22H2,1H3. The molecule has 0 spiro atoms. The molecule has 0 saturated heterocycles. The lowest BCUT2D eigenvalue weighted by molar-refractivity contribution is 0.104. The summed E-state index contributed by atoms with van der Waals surface area (Å²) < 4.78 is 6.02. The van der Waals surface area contributed by atoms with Gasteiger partial charge in [-0.25, -0.2) is 0 Å². The number of carbonyl (C=O) groups excluding carboxylic acids is 1. The number of ether oxygens (including phenoxy) is 1. The summed E-state index contributed by atoms with van der Waals surface area (Å²) in [5, 5.41) is 2.05. The van der Waals surface area contributed by atoms with Crippen LogP contribution in [0.2, 0.25) is 0 Å². The van der Waals surface area contributed by atoms with Crippen molar-refractivity contribution in [1.82, 2.24) is 0 Å². The molecule has 0 atom stereocenters. The van der Waals surface area contributed by atoms with E-state index >= 15 is 0 Å². The van der Waals surface area contributed by atoms with Crippen molar-refractivity contribution in [2.45, 2.75) is 39.2 Å². The van der Waals surface area contributed by atoms with Gasteiger partial charge in [-0.3, -0.25) is 4.79 Å². The molecule has 0 aliphatic heterocycles. The Morgan fingerprint density at radius 3 is 2.09 bits per heavy atom. The van der Waals surface area contributed by atoms with Crippen molar-refractivity contribution < 1.29 is 9.53 Å². The van der Waals surface area contributed by atoms with E-state index < -0.39 is 0 Å². The van der Waals surface area contributed by atoms with Crippen LogP contribution in [0.1, 0.15) is 47.7 Å². The van der Waals surface area contributed by atoms with Gasteiger partial charge < -0.3 is 4.74 Å². The average molecular weight is 435 g/mol. The molecular formula is C31H30O2. The minimum absolute atomic E-state index is 0.0661. The summed E-state index contributed by atoms with van der Waals surface area (Å²) in [6, 6.07) is 29.1. The van der Waals surface area contributed by atoms with Crippen LogP contribution in [0.4, 0.5) is 0 Å². The molecule has 4 aromatic carbocycles. The molecule has 4 aromatic rings. The molecule has 4 rings (SSSR count). The highest BCUT2D eigenvalue weighted by Gasteiger charge is 2.05. The van der Waals surface area contributed by atoms with Crippen molar-refractivity contribution in [2.75, 3.05) is 0 Å². The first-order valence-electron chi connectivity index (χ1n) is 11.7. The Kier molecular flexibility index (Phi) is 7.36. The molecule has 0 unspecified atom stereocenters. The third kappa shape index (κ3) is 5.78. The number of unbranched alkanes of at least 4 members (excludes halogenated alkanes) is 2. The predicted octanol–water partition coefficient (Wildman–Crippen LogP) is 8.19. The number of rotatable bonds is 10. The van der Waals surface area contributed by atoms with Crippen LogP contribution in [-0.4, -0.2) is 5.78 Å². The van der Waals surface area contributed by atoms with Crippen LogP contribution < -0.4 is 4.74 Å². The largest absolute Gasteiger partial charge is 0.489 e. The number of hydrogen-bond acceptors (Lipinski definition) is 2. The van der Waals surface area contributed by atoms with E-state index in [1.807, 2.05) is 36.4 Å². The van der Waals surface area contributed by atoms with Crippen LogP contribution in [0, 0.1) is 0 Å². The second kappa shape index (κ2) is 10.8. The normalized spacial score (nSPS) is 10.8. The molecule has 0 saturated carbocycles. The van der Waals surface area contributed by atoms with Gasteiger partial charge in [-0.2, -0.15) is 0 Å². The number of allylic oxidation sites excluding steroid dienone is 1.